The maximum absolute atomic E-state index is 12.6. The van der Waals surface area contributed by atoms with Crippen LogP contribution in [0.3, 0.4) is 0 Å². The molecule has 1 aliphatic heterocycles. The molecule has 1 amide bonds. The van der Waals surface area contributed by atoms with Crippen LogP contribution >= 0.6 is 0 Å². The third-order valence-electron chi connectivity index (χ3n) is 5.17. The van der Waals surface area contributed by atoms with E-state index in [0.717, 1.165) is 44.9 Å². The van der Waals surface area contributed by atoms with Crippen LogP contribution in [0.5, 0.6) is 5.75 Å². The standard InChI is InChI=1S/C25H18N2O2/c28-18-12-10-16(11-13-18)20-14-23(17-6-2-1-3-7-17)27-25-19-8-4-5-9-22(19)26-24(29)15-21(20)25/h1-14,28H,15H2,(H,26,29). The van der Waals surface area contributed by atoms with E-state index in [-0.39, 0.29) is 18.1 Å². The number of carbonyl (C=O) groups is 1. The molecule has 4 aromatic rings. The summed E-state index contributed by atoms with van der Waals surface area (Å²) in [5.74, 6) is 0.144. The lowest BCUT2D eigenvalue weighted by Gasteiger charge is -2.15. The van der Waals surface area contributed by atoms with E-state index in [2.05, 4.69) is 5.32 Å². The number of phenolic OH excluding ortho intramolecular Hbond substituents is 1. The van der Waals surface area contributed by atoms with Crippen LogP contribution in [0.4, 0.5) is 5.69 Å². The Kier molecular flexibility index (Phi) is 4.10. The van der Waals surface area contributed by atoms with Crippen LogP contribution in [0.15, 0.2) is 84.9 Å². The first-order valence-corrected chi connectivity index (χ1v) is 9.47. The molecular weight excluding hydrogens is 360 g/mol. The molecule has 4 nitrogen and oxygen atoms in total. The van der Waals surface area contributed by atoms with Gasteiger partial charge in [-0.1, -0.05) is 60.7 Å². The van der Waals surface area contributed by atoms with Crippen LogP contribution < -0.4 is 5.32 Å². The second-order valence-corrected chi connectivity index (χ2v) is 7.07. The first kappa shape index (κ1) is 17.2. The van der Waals surface area contributed by atoms with Crippen molar-refractivity contribution in [3.8, 4) is 39.4 Å². The number of rotatable bonds is 2. The Morgan fingerprint density at radius 3 is 2.31 bits per heavy atom. The highest BCUT2D eigenvalue weighted by molar-refractivity contribution is 6.02. The first-order chi connectivity index (χ1) is 14.2. The predicted molar refractivity (Wildman–Crippen MR) is 115 cm³/mol. The zero-order valence-corrected chi connectivity index (χ0v) is 15.6. The minimum Gasteiger partial charge on any atom is -0.508 e. The van der Waals surface area contributed by atoms with Crippen molar-refractivity contribution in [3.63, 3.8) is 0 Å². The van der Waals surface area contributed by atoms with E-state index in [9.17, 15) is 9.90 Å². The molecule has 0 atom stereocenters. The molecule has 0 saturated heterocycles. The molecule has 0 aliphatic carbocycles. The second kappa shape index (κ2) is 6.91. The average molecular weight is 378 g/mol. The monoisotopic (exact) mass is 378 g/mol. The van der Waals surface area contributed by atoms with Crippen molar-refractivity contribution in [2.24, 2.45) is 0 Å². The van der Waals surface area contributed by atoms with Gasteiger partial charge in [0.05, 0.1) is 23.5 Å². The number of nitrogens with zero attached hydrogens (tertiary/aromatic N) is 1. The van der Waals surface area contributed by atoms with Crippen LogP contribution in [0.1, 0.15) is 5.56 Å². The Labute approximate surface area is 168 Å². The molecule has 140 valence electrons. The van der Waals surface area contributed by atoms with E-state index in [1.165, 1.54) is 0 Å². The van der Waals surface area contributed by atoms with E-state index < -0.39 is 0 Å². The number of phenols is 1. The van der Waals surface area contributed by atoms with Gasteiger partial charge in [-0.15, -0.1) is 0 Å². The molecule has 3 aromatic carbocycles. The lowest BCUT2D eigenvalue weighted by molar-refractivity contribution is -0.115. The number of hydrogen-bond donors (Lipinski definition) is 2. The summed E-state index contributed by atoms with van der Waals surface area (Å²) in [5.41, 5.74) is 7.11. The fraction of sp³-hybridized carbons (Fsp3) is 0.0400. The van der Waals surface area contributed by atoms with Gasteiger partial charge in [0, 0.05) is 11.1 Å². The number of aromatic hydroxyl groups is 1. The van der Waals surface area contributed by atoms with Crippen molar-refractivity contribution in [1.29, 1.82) is 0 Å². The number of hydrogen-bond acceptors (Lipinski definition) is 3. The number of carbonyl (C=O) groups excluding carboxylic acids is 1. The van der Waals surface area contributed by atoms with E-state index in [1.807, 2.05) is 72.8 Å². The van der Waals surface area contributed by atoms with Gasteiger partial charge in [0.15, 0.2) is 0 Å². The van der Waals surface area contributed by atoms with Gasteiger partial charge >= 0.3 is 0 Å². The Bertz CT molecular complexity index is 1220. The summed E-state index contributed by atoms with van der Waals surface area (Å²) in [7, 11) is 0. The Morgan fingerprint density at radius 1 is 0.793 bits per heavy atom. The fourth-order valence-electron chi connectivity index (χ4n) is 3.78. The molecule has 0 saturated carbocycles. The second-order valence-electron chi connectivity index (χ2n) is 7.07. The molecule has 29 heavy (non-hydrogen) atoms. The largest absolute Gasteiger partial charge is 0.508 e. The van der Waals surface area contributed by atoms with Gasteiger partial charge in [-0.25, -0.2) is 4.98 Å². The molecule has 0 fully saturated rings. The van der Waals surface area contributed by atoms with Crippen molar-refractivity contribution in [1.82, 2.24) is 4.98 Å². The third-order valence-corrected chi connectivity index (χ3v) is 5.17. The summed E-state index contributed by atoms with van der Waals surface area (Å²) in [5, 5.41) is 12.7. The average Bonchev–Trinajstić information content (AvgIpc) is 2.90. The molecular formula is C25H18N2O2. The van der Waals surface area contributed by atoms with Crippen LogP contribution in [-0.2, 0) is 11.2 Å². The van der Waals surface area contributed by atoms with Gasteiger partial charge in [0.1, 0.15) is 5.75 Å². The number of fused-ring (bicyclic) bond motifs is 3. The number of amides is 1. The molecule has 4 heteroatoms. The number of benzene rings is 3. The fourth-order valence-corrected chi connectivity index (χ4v) is 3.78. The summed E-state index contributed by atoms with van der Waals surface area (Å²) in [4.78, 5) is 17.6. The van der Waals surface area contributed by atoms with Crippen LogP contribution in [0, 0.1) is 0 Å². The number of anilines is 1. The number of para-hydroxylation sites is 1. The quantitative estimate of drug-likeness (QED) is 0.499. The van der Waals surface area contributed by atoms with Gasteiger partial charge in [0.25, 0.3) is 0 Å². The van der Waals surface area contributed by atoms with Crippen LogP contribution in [-0.4, -0.2) is 16.0 Å². The summed E-state index contributed by atoms with van der Waals surface area (Å²) in [6.45, 7) is 0. The molecule has 0 spiro atoms. The highest BCUT2D eigenvalue weighted by Gasteiger charge is 2.24. The summed E-state index contributed by atoms with van der Waals surface area (Å²) in [6.07, 6.45) is 0.238. The Balaban J connectivity index is 1.84. The Hall–Kier alpha value is -3.92. The predicted octanol–water partition coefficient (Wildman–Crippen LogP) is 5.28. The van der Waals surface area contributed by atoms with E-state index in [1.54, 1.807) is 12.1 Å². The minimum absolute atomic E-state index is 0.0644. The van der Waals surface area contributed by atoms with Gasteiger partial charge in [-0.05, 0) is 41.0 Å². The summed E-state index contributed by atoms with van der Waals surface area (Å²) < 4.78 is 0. The van der Waals surface area contributed by atoms with Crippen LogP contribution in [0.2, 0.25) is 0 Å². The highest BCUT2D eigenvalue weighted by Crippen LogP contribution is 2.39. The van der Waals surface area contributed by atoms with Crippen molar-refractivity contribution < 1.29 is 9.90 Å². The van der Waals surface area contributed by atoms with E-state index in [0.29, 0.717) is 0 Å². The summed E-state index contributed by atoms with van der Waals surface area (Å²) in [6, 6.07) is 26.9. The molecule has 0 radical (unpaired) electrons. The number of pyridine rings is 1. The molecule has 0 unspecified atom stereocenters. The van der Waals surface area contributed by atoms with Crippen molar-refractivity contribution in [2.75, 3.05) is 5.32 Å². The maximum atomic E-state index is 12.6. The van der Waals surface area contributed by atoms with Gasteiger partial charge < -0.3 is 10.4 Å². The molecule has 1 aromatic heterocycles. The molecule has 5 rings (SSSR count). The minimum atomic E-state index is -0.0644. The van der Waals surface area contributed by atoms with Crippen molar-refractivity contribution >= 4 is 11.6 Å². The zero-order valence-electron chi connectivity index (χ0n) is 15.6. The van der Waals surface area contributed by atoms with E-state index >= 15 is 0 Å². The lowest BCUT2D eigenvalue weighted by Crippen LogP contribution is -2.13. The number of aromatic nitrogens is 1. The smallest absolute Gasteiger partial charge is 0.228 e. The van der Waals surface area contributed by atoms with Crippen LogP contribution in [0.25, 0.3) is 33.6 Å². The van der Waals surface area contributed by atoms with Gasteiger partial charge in [-0.2, -0.15) is 0 Å². The molecule has 2 heterocycles. The third kappa shape index (κ3) is 3.15. The normalized spacial score (nSPS) is 12.5. The molecule has 0 bridgehead atoms. The topological polar surface area (TPSA) is 62.2 Å². The van der Waals surface area contributed by atoms with Gasteiger partial charge in [-0.3, -0.25) is 4.79 Å². The SMILES string of the molecule is O=C1Cc2c(-c3ccc(O)cc3)cc(-c3ccccc3)nc2-c2ccccc2N1. The highest BCUT2D eigenvalue weighted by atomic mass is 16.3. The first-order valence-electron chi connectivity index (χ1n) is 9.47. The summed E-state index contributed by atoms with van der Waals surface area (Å²) >= 11 is 0. The molecule has 1 aliphatic rings. The van der Waals surface area contributed by atoms with Crippen molar-refractivity contribution in [2.45, 2.75) is 6.42 Å². The van der Waals surface area contributed by atoms with E-state index in [4.69, 9.17) is 4.98 Å². The van der Waals surface area contributed by atoms with Crippen molar-refractivity contribution in [3.05, 3.63) is 90.5 Å². The van der Waals surface area contributed by atoms with Gasteiger partial charge in [0.2, 0.25) is 5.91 Å². The zero-order chi connectivity index (χ0) is 19.8. The lowest BCUT2D eigenvalue weighted by atomic mass is 9.92. The molecule has 2 N–H and O–H groups in total. The Morgan fingerprint density at radius 2 is 1.52 bits per heavy atom. The number of nitrogens with one attached hydrogen (secondary N) is 1. The maximum Gasteiger partial charge on any atom is 0.228 e.